The molecule has 0 amide bonds. The van der Waals surface area contributed by atoms with E-state index in [9.17, 15) is 0 Å². The standard InChI is InChI=1S/Co.H4P8/c;1-5-7(1)2-6(7)3-8(5,6,7)4-6/h;1-4H. The van der Waals surface area contributed by atoms with Crippen molar-refractivity contribution in [2.24, 2.45) is 0 Å². The van der Waals surface area contributed by atoms with Gasteiger partial charge in [-0.25, -0.2) is 0 Å². The zero-order chi connectivity index (χ0) is 4.75. The molecule has 6 heterocycles. The van der Waals surface area contributed by atoms with Gasteiger partial charge in [0.25, 0.3) is 0 Å². The van der Waals surface area contributed by atoms with Crippen LogP contribution in [0.4, 0.5) is 0 Å². The van der Waals surface area contributed by atoms with E-state index in [-0.39, 0.29) is 31.9 Å². The number of hydrogen-bond donors (Lipinski definition) is 0. The number of rotatable bonds is 0. The molecule has 9 heteroatoms. The molecule has 9 heavy (non-hydrogen) atoms. The van der Waals surface area contributed by atoms with Crippen LogP contribution in [-0.4, -0.2) is 0 Å². The van der Waals surface area contributed by atoms with E-state index in [4.69, 9.17) is 0 Å². The fraction of sp³-hybridized carbons (Fsp3) is 0. The predicted octanol–water partition coefficient (Wildman–Crippen LogP) is 5.82. The molecule has 0 nitrogen and oxygen atoms in total. The molecule has 5 unspecified atom stereocenters. The molecule has 6 fully saturated rings. The topological polar surface area (TPSA) is 0 Å². The first-order valence-electron chi connectivity index (χ1n) is 2.79. The Bertz CT molecular complexity index is 333. The second-order valence-corrected chi connectivity index (χ2v) is 99.2. The average Bonchev–Trinajstić information content (AvgIpc) is 2.48. The van der Waals surface area contributed by atoms with Gasteiger partial charge < -0.3 is 0 Å². The molecule has 6 aliphatic rings. The summed E-state index contributed by atoms with van der Waals surface area (Å²) >= 11 is 0. The summed E-state index contributed by atoms with van der Waals surface area (Å²) in [5, 5.41) is -0.0456. The third kappa shape index (κ3) is 0.160. The van der Waals surface area contributed by atoms with Crippen LogP contribution in [0.3, 0.4) is 0 Å². The molecule has 0 aromatic carbocycles. The van der Waals surface area contributed by atoms with Crippen molar-refractivity contribution in [3.05, 3.63) is 0 Å². The van der Waals surface area contributed by atoms with Crippen LogP contribution in [0.15, 0.2) is 0 Å². The summed E-state index contributed by atoms with van der Waals surface area (Å²) in [6.07, 6.45) is 0. The molecule has 3 spiro atoms. The molecule has 0 aliphatic carbocycles. The van der Waals surface area contributed by atoms with Gasteiger partial charge in [-0.1, -0.05) is 0 Å². The van der Waals surface area contributed by atoms with Gasteiger partial charge in [0.2, 0.25) is 0 Å². The molecule has 0 N–H and O–H groups in total. The minimum Gasteiger partial charge on any atom is 0 e. The van der Waals surface area contributed by atoms with Crippen molar-refractivity contribution in [3.63, 3.8) is 0 Å². The van der Waals surface area contributed by atoms with E-state index in [1.807, 2.05) is 31.8 Å². The van der Waals surface area contributed by atoms with Gasteiger partial charge >= 0.3 is 54.0 Å². The van der Waals surface area contributed by atoms with Crippen molar-refractivity contribution in [3.8, 4) is 0 Å². The molecule has 0 aromatic rings. The first kappa shape index (κ1) is 6.43. The molecule has 6 rings (SSSR count). The molecule has 6 saturated heterocycles. The molecule has 53 valence electrons. The minimum atomic E-state index is -0.0443. The maximum absolute atomic E-state index is 1.88. The molecular weight excluding hydrogens is 307 g/mol. The summed E-state index contributed by atoms with van der Waals surface area (Å²) in [4.78, 5) is 0. The van der Waals surface area contributed by atoms with E-state index in [0.29, 0.717) is 0 Å². The van der Waals surface area contributed by atoms with E-state index in [1.165, 1.54) is 0 Å². The summed E-state index contributed by atoms with van der Waals surface area (Å²) < 4.78 is 0. The van der Waals surface area contributed by atoms with Crippen LogP contribution in [0, 0.1) is 0 Å². The molecule has 5 atom stereocenters. The molecule has 0 aromatic heterocycles. The first-order valence-corrected chi connectivity index (χ1v) is 25.1. The SMILES string of the molecule is P1P2P134PP315PP214P5.[Co]. The second kappa shape index (κ2) is 0.854. The quantitative estimate of drug-likeness (QED) is 0.495. The number of hydrogen-bond acceptors (Lipinski definition) is 0. The van der Waals surface area contributed by atoms with E-state index in [2.05, 4.69) is 0 Å². The van der Waals surface area contributed by atoms with Crippen LogP contribution >= 0.6 is 54.0 Å². The van der Waals surface area contributed by atoms with Gasteiger partial charge in [0.1, 0.15) is 0 Å². The van der Waals surface area contributed by atoms with Gasteiger partial charge in [-0.15, -0.1) is 0 Å². The summed E-state index contributed by atoms with van der Waals surface area (Å²) in [7, 11) is 7.46. The molecule has 1 radical (unpaired) electrons. The van der Waals surface area contributed by atoms with Gasteiger partial charge in [0.15, 0.2) is 0 Å². The summed E-state index contributed by atoms with van der Waals surface area (Å²) in [6.45, 7) is 1.15. The van der Waals surface area contributed by atoms with Crippen LogP contribution in [0.1, 0.15) is 0 Å². The Labute approximate surface area is 70.5 Å². The minimum absolute atomic E-state index is 0. The Balaban J connectivity index is 0.000000282. The van der Waals surface area contributed by atoms with E-state index >= 15 is 0 Å². The maximum Gasteiger partial charge on any atom is 0 e. The summed E-state index contributed by atoms with van der Waals surface area (Å²) in [5.74, 6) is 0. The Kier molecular flexibility index (Phi) is 0.610. The Hall–Kier alpha value is 3.95. The van der Waals surface area contributed by atoms with Crippen molar-refractivity contribution >= 4 is 54.0 Å². The van der Waals surface area contributed by atoms with Gasteiger partial charge in [-0.05, 0) is 0 Å². The van der Waals surface area contributed by atoms with Crippen LogP contribution in [0.5, 0.6) is 0 Å². The third-order valence-corrected chi connectivity index (χ3v) is 300. The van der Waals surface area contributed by atoms with E-state index in [1.54, 1.807) is 0 Å². The first-order chi connectivity index (χ1) is 3.74. The van der Waals surface area contributed by atoms with Crippen molar-refractivity contribution in [1.29, 1.82) is 0 Å². The van der Waals surface area contributed by atoms with Crippen molar-refractivity contribution in [1.82, 2.24) is 0 Å². The fourth-order valence-corrected chi connectivity index (χ4v) is 793. The average molecular weight is 311 g/mol. The van der Waals surface area contributed by atoms with Gasteiger partial charge in [-0.2, -0.15) is 0 Å². The van der Waals surface area contributed by atoms with Crippen LogP contribution in [0.25, 0.3) is 0 Å². The van der Waals surface area contributed by atoms with Crippen LogP contribution in [-0.2, 0) is 16.8 Å². The third-order valence-electron chi connectivity index (χ3n) is 4.09. The zero-order valence-corrected chi connectivity index (χ0v) is 12.7. The molecule has 0 saturated carbocycles. The van der Waals surface area contributed by atoms with Crippen molar-refractivity contribution < 1.29 is 16.8 Å². The van der Waals surface area contributed by atoms with E-state index < -0.39 is 0 Å². The maximum atomic E-state index is 1.88. The van der Waals surface area contributed by atoms with Crippen LogP contribution in [0.2, 0.25) is 0 Å². The van der Waals surface area contributed by atoms with E-state index in [0.717, 1.165) is 6.99 Å². The Morgan fingerprint density at radius 3 is 1.56 bits per heavy atom. The van der Waals surface area contributed by atoms with Gasteiger partial charge in [0.05, 0.1) is 0 Å². The summed E-state index contributed by atoms with van der Waals surface area (Å²) in [5.41, 5.74) is 0. The molecule has 0 bridgehead atoms. The summed E-state index contributed by atoms with van der Waals surface area (Å²) in [6, 6.07) is 0. The largest absolute Gasteiger partial charge is 0 e. The Morgan fingerprint density at radius 2 is 1.56 bits per heavy atom. The van der Waals surface area contributed by atoms with Gasteiger partial charge in [-0.3, -0.25) is 0 Å². The van der Waals surface area contributed by atoms with Gasteiger partial charge in [0, 0.05) is 16.8 Å². The van der Waals surface area contributed by atoms with Crippen molar-refractivity contribution in [2.45, 2.75) is 0 Å². The van der Waals surface area contributed by atoms with Crippen molar-refractivity contribution in [2.75, 3.05) is 0 Å². The molecule has 6 aliphatic heterocycles. The smallest absolute Gasteiger partial charge is 0 e. The molecular formula is H4CoP8. The fourth-order valence-electron chi connectivity index (χ4n) is 3.44. The predicted molar refractivity (Wildman–Crippen MR) is 60.9 cm³/mol. The zero-order valence-electron chi connectivity index (χ0n) is 4.12. The second-order valence-electron chi connectivity index (χ2n) is 3.67. The Morgan fingerprint density at radius 1 is 1.00 bits per heavy atom. The van der Waals surface area contributed by atoms with Crippen LogP contribution < -0.4 is 0 Å². The monoisotopic (exact) mass is 311 g/mol. The normalized spacial score (nSPS) is 100.